The fourth-order valence-corrected chi connectivity index (χ4v) is 1.78. The van der Waals surface area contributed by atoms with Gasteiger partial charge in [-0.05, 0) is 6.92 Å². The summed E-state index contributed by atoms with van der Waals surface area (Å²) in [6.07, 6.45) is -4.55. The Morgan fingerprint density at radius 2 is 1.40 bits per heavy atom. The van der Waals surface area contributed by atoms with E-state index in [0.717, 1.165) is 0 Å². The number of ketones is 1. The normalized spacial score (nSPS) is 16.6. The molecule has 0 aliphatic carbocycles. The molecule has 122 valence electrons. The van der Waals surface area contributed by atoms with Gasteiger partial charge in [0.2, 0.25) is 0 Å². The Kier molecular flexibility index (Phi) is 9.84. The average Bonchev–Trinajstić information content (AvgIpc) is 2.21. The number of aliphatic hydroxyl groups is 4. The topological polar surface area (TPSA) is 222 Å². The second kappa shape index (κ2) is 8.93. The molecule has 20 heavy (non-hydrogen) atoms. The molecule has 0 unspecified atom stereocenters. The highest BCUT2D eigenvalue weighted by molar-refractivity contribution is 7.60. The minimum absolute atomic E-state index is 0.709. The molecule has 0 amide bonds. The summed E-state index contributed by atoms with van der Waals surface area (Å²) in [5.41, 5.74) is 0. The molecule has 0 spiro atoms. The van der Waals surface area contributed by atoms with E-state index < -0.39 is 46.3 Å². The van der Waals surface area contributed by atoms with Crippen molar-refractivity contribution in [3.05, 3.63) is 0 Å². The van der Waals surface area contributed by atoms with Gasteiger partial charge in [0.05, 0.1) is 6.61 Å². The molecule has 14 heteroatoms. The first-order valence-corrected chi connectivity index (χ1v) is 7.78. The van der Waals surface area contributed by atoms with Crippen molar-refractivity contribution < 1.29 is 58.2 Å². The summed E-state index contributed by atoms with van der Waals surface area (Å²) in [6.45, 7) is 0.468. The van der Waals surface area contributed by atoms with Gasteiger partial charge >= 0.3 is 15.6 Å². The Bertz CT molecular complexity index is 361. The van der Waals surface area contributed by atoms with E-state index in [1.54, 1.807) is 0 Å². The predicted octanol–water partition coefficient (Wildman–Crippen LogP) is -3.16. The first-order chi connectivity index (χ1) is 8.71. The van der Waals surface area contributed by atoms with Crippen LogP contribution < -0.4 is 0 Å². The molecule has 0 radical (unpaired) electrons. The maximum atomic E-state index is 10.7. The quantitative estimate of drug-likeness (QED) is 0.224. The third-order valence-electron chi connectivity index (χ3n) is 1.47. The number of hydrogen-bond donors (Lipinski definition) is 8. The van der Waals surface area contributed by atoms with Crippen LogP contribution in [0.1, 0.15) is 6.92 Å². The molecule has 8 N–H and O–H groups in total. The Labute approximate surface area is 112 Å². The van der Waals surface area contributed by atoms with Crippen LogP contribution in [0.4, 0.5) is 0 Å². The number of hydrogen-bond acceptors (Lipinski definition) is 8. The maximum absolute atomic E-state index is 10.7. The molecule has 0 aliphatic rings. The molecule has 0 aromatic heterocycles. The summed E-state index contributed by atoms with van der Waals surface area (Å²) in [4.78, 5) is 41.7. The molecule has 3 atom stereocenters. The highest BCUT2D eigenvalue weighted by atomic mass is 31.3. The summed E-state index contributed by atoms with van der Waals surface area (Å²) in [5.74, 6) is -0.897. The Balaban J connectivity index is 0. The van der Waals surface area contributed by atoms with E-state index in [9.17, 15) is 13.9 Å². The van der Waals surface area contributed by atoms with Crippen molar-refractivity contribution >= 4 is 21.4 Å². The molecule has 0 rings (SSSR count). The number of Topliss-reactive ketones (excluding diaryl/α,β-unsaturated/α-hetero) is 1. The van der Waals surface area contributed by atoms with Crippen LogP contribution in [0, 0.1) is 0 Å². The molecule has 0 aromatic carbocycles. The zero-order valence-corrected chi connectivity index (χ0v) is 11.8. The summed E-state index contributed by atoms with van der Waals surface area (Å²) < 4.78 is 22.2. The van der Waals surface area contributed by atoms with E-state index >= 15 is 0 Å². The SMILES string of the molecule is C[C@@H](O)C(=O)[C@H](O)[C@@H](O)CO.O=P(O)(O)OP(=O)(O)O. The van der Waals surface area contributed by atoms with Gasteiger partial charge in [-0.1, -0.05) is 0 Å². The van der Waals surface area contributed by atoms with Crippen LogP contribution in [0.3, 0.4) is 0 Å². The van der Waals surface area contributed by atoms with E-state index in [1.165, 1.54) is 6.92 Å². The van der Waals surface area contributed by atoms with Crippen LogP contribution in [0.15, 0.2) is 0 Å². The molecular weight excluding hydrogens is 326 g/mol. The fraction of sp³-hybridized carbons (Fsp3) is 0.833. The van der Waals surface area contributed by atoms with Gasteiger partial charge in [0, 0.05) is 0 Å². The van der Waals surface area contributed by atoms with Gasteiger partial charge in [-0.2, -0.15) is 4.31 Å². The molecule has 0 aliphatic heterocycles. The van der Waals surface area contributed by atoms with Crippen molar-refractivity contribution in [1.29, 1.82) is 0 Å². The predicted molar refractivity (Wildman–Crippen MR) is 61.0 cm³/mol. The highest BCUT2D eigenvalue weighted by Gasteiger charge is 2.28. The third-order valence-corrected chi connectivity index (χ3v) is 3.17. The van der Waals surface area contributed by atoms with Gasteiger partial charge in [-0.15, -0.1) is 0 Å². The van der Waals surface area contributed by atoms with Gasteiger partial charge in [0.15, 0.2) is 5.78 Å². The number of rotatable bonds is 6. The molecule has 0 fully saturated rings. The van der Waals surface area contributed by atoms with E-state index in [1.807, 2.05) is 0 Å². The molecular formula is C6H16O12P2. The molecule has 0 heterocycles. The van der Waals surface area contributed by atoms with Crippen molar-refractivity contribution in [3.8, 4) is 0 Å². The van der Waals surface area contributed by atoms with Crippen molar-refractivity contribution in [2.75, 3.05) is 6.61 Å². The molecule has 0 bridgehead atoms. The summed E-state index contributed by atoms with van der Waals surface area (Å²) in [6, 6.07) is 0. The number of aliphatic hydroxyl groups excluding tert-OH is 4. The second-order valence-electron chi connectivity index (χ2n) is 3.34. The standard InChI is InChI=1S/C6H12O5.H4O7P2/c1-3(8)5(10)6(11)4(9)2-7;1-8(2,3)7-9(4,5)6/h3-4,6-9,11H,2H2,1H3;(H2,1,2,3)(H2,4,5,6)/t3-,4+,6-;/m1./s1. The minimum atomic E-state index is -5.05. The second-order valence-corrected chi connectivity index (χ2v) is 5.95. The van der Waals surface area contributed by atoms with E-state index in [-0.39, 0.29) is 0 Å². The average molecular weight is 342 g/mol. The summed E-state index contributed by atoms with van der Waals surface area (Å²) >= 11 is 0. The zero-order valence-electron chi connectivity index (χ0n) is 10.0. The number of carbonyl (C=O) groups is 1. The van der Waals surface area contributed by atoms with Gasteiger partial charge in [0.25, 0.3) is 0 Å². The van der Waals surface area contributed by atoms with Gasteiger partial charge in [-0.3, -0.25) is 4.79 Å². The zero-order chi connectivity index (χ0) is 16.7. The lowest BCUT2D eigenvalue weighted by atomic mass is 10.1. The highest BCUT2D eigenvalue weighted by Crippen LogP contribution is 2.53. The lowest BCUT2D eigenvalue weighted by Crippen LogP contribution is -2.41. The largest absolute Gasteiger partial charge is 0.478 e. The molecule has 0 saturated carbocycles. The summed E-state index contributed by atoms with van der Waals surface area (Å²) in [5, 5.41) is 34.5. The number of carbonyl (C=O) groups excluding carboxylic acids is 1. The van der Waals surface area contributed by atoms with Gasteiger partial charge < -0.3 is 40.0 Å². The van der Waals surface area contributed by atoms with Gasteiger partial charge in [0.1, 0.15) is 18.3 Å². The van der Waals surface area contributed by atoms with Crippen molar-refractivity contribution in [2.45, 2.75) is 25.2 Å². The van der Waals surface area contributed by atoms with Crippen LogP contribution in [0.25, 0.3) is 0 Å². The summed E-state index contributed by atoms with van der Waals surface area (Å²) in [7, 11) is -10.1. The maximum Gasteiger partial charge on any atom is 0.478 e. The van der Waals surface area contributed by atoms with E-state index in [0.29, 0.717) is 0 Å². The Morgan fingerprint density at radius 1 is 1.05 bits per heavy atom. The lowest BCUT2D eigenvalue weighted by Gasteiger charge is -2.15. The van der Waals surface area contributed by atoms with Crippen LogP contribution >= 0.6 is 15.6 Å². The first-order valence-electron chi connectivity index (χ1n) is 4.72. The van der Waals surface area contributed by atoms with Crippen molar-refractivity contribution in [3.63, 3.8) is 0 Å². The lowest BCUT2D eigenvalue weighted by molar-refractivity contribution is -0.142. The minimum Gasteiger partial charge on any atom is -0.394 e. The van der Waals surface area contributed by atoms with E-state index in [4.69, 9.17) is 40.0 Å². The Hall–Kier alpha value is -0.230. The van der Waals surface area contributed by atoms with Crippen LogP contribution in [-0.4, -0.2) is 70.7 Å². The molecule has 0 aromatic rings. The fourth-order valence-electron chi connectivity index (χ4n) is 0.675. The monoisotopic (exact) mass is 342 g/mol. The van der Waals surface area contributed by atoms with Crippen LogP contribution in [0.5, 0.6) is 0 Å². The first kappa shape index (κ1) is 22.1. The number of phosphoric acid groups is 2. The van der Waals surface area contributed by atoms with Crippen molar-refractivity contribution in [2.24, 2.45) is 0 Å². The smallest absolute Gasteiger partial charge is 0.394 e. The van der Waals surface area contributed by atoms with Crippen LogP contribution in [0.2, 0.25) is 0 Å². The molecule has 0 saturated heterocycles. The van der Waals surface area contributed by atoms with Crippen LogP contribution in [-0.2, 0) is 18.2 Å². The third kappa shape index (κ3) is 12.8. The van der Waals surface area contributed by atoms with Crippen molar-refractivity contribution in [1.82, 2.24) is 0 Å². The molecule has 12 nitrogen and oxygen atoms in total. The van der Waals surface area contributed by atoms with E-state index in [2.05, 4.69) is 4.31 Å². The Morgan fingerprint density at radius 3 is 1.55 bits per heavy atom. The van der Waals surface area contributed by atoms with Gasteiger partial charge in [-0.25, -0.2) is 9.13 Å².